The Morgan fingerprint density at radius 1 is 1.32 bits per heavy atom. The van der Waals surface area contributed by atoms with Crippen molar-refractivity contribution in [3.05, 3.63) is 47.2 Å². The van der Waals surface area contributed by atoms with Crippen LogP contribution in [0.1, 0.15) is 38.2 Å². The molecule has 1 unspecified atom stereocenters. The zero-order valence-electron chi connectivity index (χ0n) is 13.3. The first-order valence-electron chi connectivity index (χ1n) is 8.01. The third-order valence-electron chi connectivity index (χ3n) is 4.65. The third kappa shape index (κ3) is 2.94. The molecule has 2 aliphatic rings. The molecule has 0 radical (unpaired) electrons. The van der Waals surface area contributed by atoms with E-state index in [1.54, 1.807) is 14.0 Å². The number of hydrogen-bond donors (Lipinski definition) is 0. The Balaban J connectivity index is 1.96. The second-order valence-corrected chi connectivity index (χ2v) is 6.03. The molecule has 116 valence electrons. The van der Waals surface area contributed by atoms with Gasteiger partial charge in [-0.15, -0.1) is 0 Å². The molecule has 1 saturated heterocycles. The third-order valence-corrected chi connectivity index (χ3v) is 4.65. The highest BCUT2D eigenvalue weighted by Crippen LogP contribution is 2.39. The summed E-state index contributed by atoms with van der Waals surface area (Å²) in [7, 11) is 1.67. The van der Waals surface area contributed by atoms with Crippen molar-refractivity contribution in [2.24, 2.45) is 5.92 Å². The van der Waals surface area contributed by atoms with Gasteiger partial charge in [0.1, 0.15) is 5.75 Å². The van der Waals surface area contributed by atoms with Crippen LogP contribution in [0.3, 0.4) is 0 Å². The lowest BCUT2D eigenvalue weighted by Crippen LogP contribution is -2.38. The first-order chi connectivity index (χ1) is 10.7. The van der Waals surface area contributed by atoms with Crippen LogP contribution in [0, 0.1) is 5.92 Å². The number of carbonyl (C=O) groups excluding carboxylic acids is 1. The molecule has 0 spiro atoms. The Morgan fingerprint density at radius 3 is 2.77 bits per heavy atom. The highest BCUT2D eigenvalue weighted by Gasteiger charge is 2.31. The van der Waals surface area contributed by atoms with Gasteiger partial charge in [-0.05, 0) is 49.5 Å². The summed E-state index contributed by atoms with van der Waals surface area (Å²) in [6, 6.07) is 8.02. The number of likely N-dealkylation sites (tertiary alicyclic amines) is 1. The summed E-state index contributed by atoms with van der Waals surface area (Å²) in [5.74, 6) is 1.41. The second kappa shape index (κ2) is 6.39. The maximum Gasteiger partial charge on any atom is 0.223 e. The van der Waals surface area contributed by atoms with E-state index in [2.05, 4.69) is 12.2 Å². The highest BCUT2D eigenvalue weighted by molar-refractivity contribution is 5.78. The molecule has 0 aromatic heterocycles. The Labute approximate surface area is 132 Å². The van der Waals surface area contributed by atoms with Crippen LogP contribution in [0.15, 0.2) is 41.6 Å². The molecule has 1 fully saturated rings. The van der Waals surface area contributed by atoms with E-state index in [0.29, 0.717) is 5.92 Å². The van der Waals surface area contributed by atoms with Gasteiger partial charge in [0.2, 0.25) is 5.91 Å². The van der Waals surface area contributed by atoms with Crippen LogP contribution in [0.2, 0.25) is 0 Å². The Kier molecular flexibility index (Phi) is 4.32. The molecule has 0 saturated carbocycles. The van der Waals surface area contributed by atoms with Crippen molar-refractivity contribution in [3.8, 4) is 5.75 Å². The summed E-state index contributed by atoms with van der Waals surface area (Å²) in [4.78, 5) is 14.0. The summed E-state index contributed by atoms with van der Waals surface area (Å²) in [5.41, 5.74) is 3.80. The van der Waals surface area contributed by atoms with Crippen molar-refractivity contribution in [2.75, 3.05) is 13.7 Å². The van der Waals surface area contributed by atoms with E-state index in [-0.39, 0.29) is 5.91 Å². The lowest BCUT2D eigenvalue weighted by atomic mass is 9.80. The Bertz CT molecular complexity index is 613. The Hall–Kier alpha value is -2.03. The monoisotopic (exact) mass is 297 g/mol. The van der Waals surface area contributed by atoms with Gasteiger partial charge in [-0.3, -0.25) is 4.79 Å². The summed E-state index contributed by atoms with van der Waals surface area (Å²) in [6.45, 7) is 2.47. The van der Waals surface area contributed by atoms with Crippen LogP contribution in [0.5, 0.6) is 5.75 Å². The summed E-state index contributed by atoms with van der Waals surface area (Å²) in [6.07, 6.45) is 9.11. The molecule has 1 aromatic rings. The van der Waals surface area contributed by atoms with E-state index in [4.69, 9.17) is 4.74 Å². The summed E-state index contributed by atoms with van der Waals surface area (Å²) < 4.78 is 5.21. The van der Waals surface area contributed by atoms with E-state index < -0.39 is 0 Å². The highest BCUT2D eigenvalue weighted by atomic mass is 16.5. The molecule has 0 N–H and O–H groups in total. The lowest BCUT2D eigenvalue weighted by Gasteiger charge is -2.39. The molecule has 3 rings (SSSR count). The predicted octanol–water partition coefficient (Wildman–Crippen LogP) is 4.01. The maximum absolute atomic E-state index is 12.0. The molecule has 1 heterocycles. The average Bonchev–Trinajstić information content (AvgIpc) is 2.55. The van der Waals surface area contributed by atoms with Gasteiger partial charge in [-0.25, -0.2) is 0 Å². The van der Waals surface area contributed by atoms with Crippen LogP contribution < -0.4 is 4.74 Å². The van der Waals surface area contributed by atoms with Gasteiger partial charge >= 0.3 is 0 Å². The van der Waals surface area contributed by atoms with E-state index in [0.717, 1.165) is 36.4 Å². The van der Waals surface area contributed by atoms with Crippen LogP contribution in [0.25, 0.3) is 6.08 Å². The molecule has 22 heavy (non-hydrogen) atoms. The molecule has 1 aliphatic carbocycles. The van der Waals surface area contributed by atoms with E-state index >= 15 is 0 Å². The number of carbonyl (C=O) groups is 1. The van der Waals surface area contributed by atoms with Crippen LogP contribution in [-0.4, -0.2) is 24.5 Å². The van der Waals surface area contributed by atoms with Crippen LogP contribution >= 0.6 is 0 Å². The van der Waals surface area contributed by atoms with Gasteiger partial charge in [-0.2, -0.15) is 0 Å². The molecule has 1 aromatic carbocycles. The molecule has 0 bridgehead atoms. The number of rotatable bonds is 2. The summed E-state index contributed by atoms with van der Waals surface area (Å²) in [5, 5.41) is 0. The number of ether oxygens (including phenoxy) is 1. The fourth-order valence-corrected chi connectivity index (χ4v) is 3.50. The normalized spacial score (nSPS) is 23.0. The van der Waals surface area contributed by atoms with Gasteiger partial charge in [0.15, 0.2) is 0 Å². The van der Waals surface area contributed by atoms with Crippen molar-refractivity contribution < 1.29 is 9.53 Å². The second-order valence-electron chi connectivity index (χ2n) is 6.03. The lowest BCUT2D eigenvalue weighted by molar-refractivity contribution is -0.127. The van der Waals surface area contributed by atoms with Crippen molar-refractivity contribution in [1.82, 2.24) is 4.90 Å². The van der Waals surface area contributed by atoms with Crippen molar-refractivity contribution in [1.29, 1.82) is 0 Å². The number of methoxy groups -OCH3 is 1. The minimum atomic E-state index is 0.143. The smallest absolute Gasteiger partial charge is 0.223 e. The standard InChI is InChI=1S/C19H23NO2/c1-14(21)20-12-11-16-5-3-4-6-18(16)19(20)13-15-7-9-17(22-2)10-8-15/h5,7-10,13,18H,3-4,6,11-12H2,1-2H3. The van der Waals surface area contributed by atoms with Crippen LogP contribution in [0.4, 0.5) is 0 Å². The first kappa shape index (κ1) is 14.9. The molecule has 1 aliphatic heterocycles. The van der Waals surface area contributed by atoms with Crippen molar-refractivity contribution >= 4 is 12.0 Å². The van der Waals surface area contributed by atoms with E-state index in [1.165, 1.54) is 18.4 Å². The zero-order valence-corrected chi connectivity index (χ0v) is 13.3. The van der Waals surface area contributed by atoms with Gasteiger partial charge in [-0.1, -0.05) is 23.8 Å². The molecule has 1 atom stereocenters. The SMILES string of the molecule is COc1ccc(C=C2C3CCCC=C3CCN2C(C)=O)cc1. The molecular weight excluding hydrogens is 274 g/mol. The van der Waals surface area contributed by atoms with Crippen molar-refractivity contribution in [3.63, 3.8) is 0 Å². The number of amides is 1. The average molecular weight is 297 g/mol. The quantitative estimate of drug-likeness (QED) is 0.772. The maximum atomic E-state index is 12.0. The minimum absolute atomic E-state index is 0.143. The van der Waals surface area contributed by atoms with E-state index in [9.17, 15) is 4.79 Å². The van der Waals surface area contributed by atoms with Gasteiger partial charge < -0.3 is 9.64 Å². The Morgan fingerprint density at radius 2 is 2.09 bits per heavy atom. The number of nitrogens with zero attached hydrogens (tertiary/aromatic N) is 1. The largest absolute Gasteiger partial charge is 0.497 e. The van der Waals surface area contributed by atoms with Gasteiger partial charge in [0, 0.05) is 25.1 Å². The number of hydrogen-bond acceptors (Lipinski definition) is 2. The number of fused-ring (bicyclic) bond motifs is 1. The topological polar surface area (TPSA) is 29.5 Å². The molecule has 3 nitrogen and oxygen atoms in total. The fourth-order valence-electron chi connectivity index (χ4n) is 3.50. The van der Waals surface area contributed by atoms with Crippen LogP contribution in [-0.2, 0) is 4.79 Å². The summed E-state index contributed by atoms with van der Waals surface area (Å²) >= 11 is 0. The fraction of sp³-hybridized carbons (Fsp3) is 0.421. The van der Waals surface area contributed by atoms with Gasteiger partial charge in [0.05, 0.1) is 7.11 Å². The predicted molar refractivity (Wildman–Crippen MR) is 88.4 cm³/mol. The van der Waals surface area contributed by atoms with Gasteiger partial charge in [0.25, 0.3) is 0 Å². The van der Waals surface area contributed by atoms with Crippen molar-refractivity contribution in [2.45, 2.75) is 32.6 Å². The minimum Gasteiger partial charge on any atom is -0.497 e. The number of piperidine rings is 1. The van der Waals surface area contributed by atoms with E-state index in [1.807, 2.05) is 29.2 Å². The number of benzene rings is 1. The number of allylic oxidation sites excluding steroid dienone is 2. The molecule has 1 amide bonds. The molecule has 3 heteroatoms. The molecular formula is C19H23NO2. The zero-order chi connectivity index (χ0) is 15.5. The first-order valence-corrected chi connectivity index (χ1v) is 8.01.